The highest BCUT2D eigenvalue weighted by atomic mass is 127. The van der Waals surface area contributed by atoms with Crippen molar-refractivity contribution in [3.05, 3.63) is 65.5 Å². The number of pyridine rings is 1. The van der Waals surface area contributed by atoms with Crippen molar-refractivity contribution in [2.45, 2.75) is 19.7 Å². The van der Waals surface area contributed by atoms with Gasteiger partial charge in [0.15, 0.2) is 5.96 Å². The van der Waals surface area contributed by atoms with E-state index in [2.05, 4.69) is 32.7 Å². The minimum atomic E-state index is 0. The Morgan fingerprint density at radius 1 is 1.04 bits per heavy atom. The summed E-state index contributed by atoms with van der Waals surface area (Å²) in [4.78, 5) is 8.51. The number of benzene rings is 1. The molecule has 2 rings (SSSR count). The maximum absolute atomic E-state index is 5.23. The molecule has 0 aliphatic carbocycles. The second-order valence-corrected chi connectivity index (χ2v) is 4.80. The smallest absolute Gasteiger partial charge is 0.191 e. The topological polar surface area (TPSA) is 58.5 Å². The standard InChI is InChI=1S/C17H22N4O.HI/c1-18-17(21-12-16-9-5-6-10-19-16)20-11-14-7-3-4-8-15(14)13-22-2;/h3-10H,11-13H2,1-2H3,(H2,18,20,21);1H. The molecule has 0 aliphatic heterocycles. The van der Waals surface area contributed by atoms with Crippen LogP contribution in [0.15, 0.2) is 53.7 Å². The summed E-state index contributed by atoms with van der Waals surface area (Å²) in [5.41, 5.74) is 3.35. The van der Waals surface area contributed by atoms with Gasteiger partial charge in [0, 0.05) is 26.9 Å². The summed E-state index contributed by atoms with van der Waals surface area (Å²) >= 11 is 0. The quantitative estimate of drug-likeness (QED) is 0.424. The van der Waals surface area contributed by atoms with Gasteiger partial charge in [-0.1, -0.05) is 30.3 Å². The predicted molar refractivity (Wildman–Crippen MR) is 104 cm³/mol. The Hall–Kier alpha value is -1.67. The van der Waals surface area contributed by atoms with Crippen LogP contribution >= 0.6 is 24.0 Å². The number of guanidine groups is 1. The van der Waals surface area contributed by atoms with E-state index in [1.165, 1.54) is 11.1 Å². The molecule has 0 atom stereocenters. The lowest BCUT2D eigenvalue weighted by atomic mass is 10.1. The number of hydrogen-bond donors (Lipinski definition) is 2. The fourth-order valence-corrected chi connectivity index (χ4v) is 2.10. The van der Waals surface area contributed by atoms with E-state index in [0.717, 1.165) is 11.7 Å². The number of halogens is 1. The van der Waals surface area contributed by atoms with E-state index < -0.39 is 0 Å². The number of nitrogens with one attached hydrogen (secondary N) is 2. The Morgan fingerprint density at radius 3 is 2.39 bits per heavy atom. The first-order valence-corrected chi connectivity index (χ1v) is 7.23. The van der Waals surface area contributed by atoms with E-state index in [0.29, 0.717) is 19.7 Å². The van der Waals surface area contributed by atoms with Gasteiger partial charge in [-0.3, -0.25) is 9.98 Å². The van der Waals surface area contributed by atoms with Crippen molar-refractivity contribution in [2.75, 3.05) is 14.2 Å². The molecule has 23 heavy (non-hydrogen) atoms. The number of methoxy groups -OCH3 is 1. The molecule has 2 N–H and O–H groups in total. The average molecular weight is 426 g/mol. The third-order valence-electron chi connectivity index (χ3n) is 3.25. The fraction of sp³-hybridized carbons (Fsp3) is 0.294. The summed E-state index contributed by atoms with van der Waals surface area (Å²) in [6.07, 6.45) is 1.79. The van der Waals surface area contributed by atoms with Crippen molar-refractivity contribution in [1.29, 1.82) is 0 Å². The van der Waals surface area contributed by atoms with Crippen LogP contribution in [0, 0.1) is 0 Å². The zero-order valence-corrected chi connectivity index (χ0v) is 15.8. The SMILES string of the molecule is CN=C(NCc1ccccn1)NCc1ccccc1COC.I. The first-order chi connectivity index (χ1) is 10.8. The highest BCUT2D eigenvalue weighted by molar-refractivity contribution is 14.0. The van der Waals surface area contributed by atoms with Gasteiger partial charge in [0.1, 0.15) is 0 Å². The van der Waals surface area contributed by atoms with Crippen molar-refractivity contribution in [3.63, 3.8) is 0 Å². The van der Waals surface area contributed by atoms with Gasteiger partial charge in [-0.2, -0.15) is 0 Å². The van der Waals surface area contributed by atoms with Gasteiger partial charge in [-0.25, -0.2) is 0 Å². The van der Waals surface area contributed by atoms with Crippen LogP contribution in [0.25, 0.3) is 0 Å². The van der Waals surface area contributed by atoms with E-state index in [9.17, 15) is 0 Å². The molecule has 2 aromatic rings. The summed E-state index contributed by atoms with van der Waals surface area (Å²) in [5.74, 6) is 0.748. The summed E-state index contributed by atoms with van der Waals surface area (Å²) in [6, 6.07) is 14.1. The molecule has 1 aromatic carbocycles. The molecule has 5 nitrogen and oxygen atoms in total. The van der Waals surface area contributed by atoms with E-state index in [1.807, 2.05) is 30.3 Å². The second kappa shape index (κ2) is 11.0. The molecule has 1 aromatic heterocycles. The van der Waals surface area contributed by atoms with Crippen LogP contribution in [0.1, 0.15) is 16.8 Å². The van der Waals surface area contributed by atoms with Gasteiger partial charge >= 0.3 is 0 Å². The van der Waals surface area contributed by atoms with Gasteiger partial charge < -0.3 is 15.4 Å². The second-order valence-electron chi connectivity index (χ2n) is 4.80. The number of aliphatic imine (C=N–C) groups is 1. The molecule has 0 saturated carbocycles. The number of ether oxygens (including phenoxy) is 1. The van der Waals surface area contributed by atoms with Crippen LogP contribution in [0.5, 0.6) is 0 Å². The molecule has 0 spiro atoms. The molecule has 124 valence electrons. The van der Waals surface area contributed by atoms with Gasteiger partial charge in [-0.05, 0) is 23.3 Å². The molecular formula is C17H23IN4O. The van der Waals surface area contributed by atoms with Crippen molar-refractivity contribution >= 4 is 29.9 Å². The van der Waals surface area contributed by atoms with Crippen LogP contribution in [0.4, 0.5) is 0 Å². The highest BCUT2D eigenvalue weighted by Gasteiger charge is 2.03. The molecule has 1 heterocycles. The van der Waals surface area contributed by atoms with E-state index in [1.54, 1.807) is 20.4 Å². The van der Waals surface area contributed by atoms with Crippen LogP contribution in [-0.4, -0.2) is 25.1 Å². The van der Waals surface area contributed by atoms with Crippen LogP contribution in [0.2, 0.25) is 0 Å². The molecule has 0 aliphatic rings. The maximum atomic E-state index is 5.23. The Morgan fingerprint density at radius 2 is 1.74 bits per heavy atom. The van der Waals surface area contributed by atoms with Crippen LogP contribution in [-0.2, 0) is 24.4 Å². The normalized spacial score (nSPS) is 10.8. The third-order valence-corrected chi connectivity index (χ3v) is 3.25. The summed E-state index contributed by atoms with van der Waals surface area (Å²) < 4.78 is 5.23. The van der Waals surface area contributed by atoms with Gasteiger partial charge in [0.2, 0.25) is 0 Å². The first kappa shape index (κ1) is 19.4. The third kappa shape index (κ3) is 6.54. The Bertz CT molecular complexity index is 605. The van der Waals surface area contributed by atoms with Crippen LogP contribution in [0.3, 0.4) is 0 Å². The average Bonchev–Trinajstić information content (AvgIpc) is 2.57. The lowest BCUT2D eigenvalue weighted by molar-refractivity contribution is 0.184. The highest BCUT2D eigenvalue weighted by Crippen LogP contribution is 2.09. The Balaban J connectivity index is 0.00000264. The van der Waals surface area contributed by atoms with Gasteiger partial charge in [0.25, 0.3) is 0 Å². The largest absolute Gasteiger partial charge is 0.380 e. The molecule has 0 fully saturated rings. The minimum absolute atomic E-state index is 0. The van der Waals surface area contributed by atoms with Crippen molar-refractivity contribution in [3.8, 4) is 0 Å². The number of hydrogen-bond acceptors (Lipinski definition) is 3. The summed E-state index contributed by atoms with van der Waals surface area (Å²) in [5, 5.41) is 6.56. The van der Waals surface area contributed by atoms with Gasteiger partial charge in [-0.15, -0.1) is 24.0 Å². The molecule has 0 radical (unpaired) electrons. The van der Waals surface area contributed by atoms with Gasteiger partial charge in [0.05, 0.1) is 18.8 Å². The Kier molecular flexibility index (Phi) is 9.23. The molecule has 6 heteroatoms. The lowest BCUT2D eigenvalue weighted by Crippen LogP contribution is -2.36. The van der Waals surface area contributed by atoms with E-state index in [-0.39, 0.29) is 24.0 Å². The molecule has 0 saturated heterocycles. The van der Waals surface area contributed by atoms with Crippen LogP contribution < -0.4 is 10.6 Å². The lowest BCUT2D eigenvalue weighted by Gasteiger charge is -2.14. The molecule has 0 amide bonds. The molecule has 0 unspecified atom stereocenters. The maximum Gasteiger partial charge on any atom is 0.191 e. The zero-order chi connectivity index (χ0) is 15.6. The predicted octanol–water partition coefficient (Wildman–Crippen LogP) is 2.71. The fourth-order valence-electron chi connectivity index (χ4n) is 2.10. The number of aromatic nitrogens is 1. The number of rotatable bonds is 6. The van der Waals surface area contributed by atoms with E-state index in [4.69, 9.17) is 4.74 Å². The van der Waals surface area contributed by atoms with E-state index >= 15 is 0 Å². The van der Waals surface area contributed by atoms with Crippen molar-refractivity contribution < 1.29 is 4.74 Å². The minimum Gasteiger partial charge on any atom is -0.380 e. The number of nitrogens with zero attached hydrogens (tertiary/aromatic N) is 2. The molecular weight excluding hydrogens is 403 g/mol. The summed E-state index contributed by atoms with van der Waals surface area (Å²) in [7, 11) is 3.46. The van der Waals surface area contributed by atoms with Crippen molar-refractivity contribution in [2.24, 2.45) is 4.99 Å². The molecule has 0 bridgehead atoms. The summed E-state index contributed by atoms with van der Waals surface area (Å²) in [6.45, 7) is 1.94. The first-order valence-electron chi connectivity index (χ1n) is 7.23. The zero-order valence-electron chi connectivity index (χ0n) is 13.5. The van der Waals surface area contributed by atoms with Crippen molar-refractivity contribution in [1.82, 2.24) is 15.6 Å². The monoisotopic (exact) mass is 426 g/mol. The Labute approximate surface area is 154 Å².